The first kappa shape index (κ1) is 12.9. The van der Waals surface area contributed by atoms with Gasteiger partial charge in [0.15, 0.2) is 5.82 Å². The Morgan fingerprint density at radius 1 is 0.882 bits per heavy atom. The number of hydrogen-bond acceptors (Lipinski definition) is 1. The Hall–Kier alpha value is -0.540. The van der Waals surface area contributed by atoms with Gasteiger partial charge in [-0.05, 0) is 6.07 Å². The summed E-state index contributed by atoms with van der Waals surface area (Å²) in [6.45, 7) is 0. The summed E-state index contributed by atoms with van der Waals surface area (Å²) in [6, 6.07) is 3.09. The molecule has 0 N–H and O–H groups in total. The van der Waals surface area contributed by atoms with E-state index in [0.29, 0.717) is 10.6 Å². The van der Waals surface area contributed by atoms with Crippen molar-refractivity contribution in [3.05, 3.63) is 50.4 Å². The van der Waals surface area contributed by atoms with Gasteiger partial charge >= 0.3 is 0 Å². The minimum atomic E-state index is -0.571. The fourth-order valence-electron chi connectivity index (χ4n) is 1.39. The molecular formula is C11H4Cl4FN. The van der Waals surface area contributed by atoms with Crippen molar-refractivity contribution in [2.45, 2.75) is 0 Å². The number of hydrogen-bond donors (Lipinski definition) is 0. The molecule has 0 fully saturated rings. The number of pyridine rings is 1. The molecule has 17 heavy (non-hydrogen) atoms. The van der Waals surface area contributed by atoms with E-state index in [2.05, 4.69) is 4.98 Å². The van der Waals surface area contributed by atoms with Crippen LogP contribution in [-0.4, -0.2) is 4.98 Å². The van der Waals surface area contributed by atoms with Crippen LogP contribution in [0.2, 0.25) is 20.1 Å². The number of nitrogens with zero attached hydrogens (tertiary/aromatic N) is 1. The summed E-state index contributed by atoms with van der Waals surface area (Å²) < 4.78 is 13.7. The predicted octanol–water partition coefficient (Wildman–Crippen LogP) is 5.50. The first-order chi connectivity index (χ1) is 8.02. The third-order valence-corrected chi connectivity index (χ3v) is 3.74. The van der Waals surface area contributed by atoms with E-state index in [-0.39, 0.29) is 20.6 Å². The van der Waals surface area contributed by atoms with Crippen LogP contribution < -0.4 is 0 Å². The summed E-state index contributed by atoms with van der Waals surface area (Å²) in [6.07, 6.45) is 2.39. The molecule has 1 aromatic heterocycles. The second kappa shape index (κ2) is 4.99. The summed E-state index contributed by atoms with van der Waals surface area (Å²) in [4.78, 5) is 3.63. The lowest BCUT2D eigenvalue weighted by Crippen LogP contribution is -1.89. The quantitative estimate of drug-likeness (QED) is 0.634. The van der Waals surface area contributed by atoms with Crippen LogP contribution in [-0.2, 0) is 0 Å². The highest BCUT2D eigenvalue weighted by Gasteiger charge is 2.16. The summed E-state index contributed by atoms with van der Waals surface area (Å²) in [5, 5.41) is 0.778. The van der Waals surface area contributed by atoms with Gasteiger partial charge in [-0.3, -0.25) is 4.98 Å². The zero-order valence-electron chi connectivity index (χ0n) is 8.15. The molecule has 88 valence electrons. The summed E-state index contributed by atoms with van der Waals surface area (Å²) in [5.74, 6) is -0.571. The molecule has 0 spiro atoms. The van der Waals surface area contributed by atoms with Crippen LogP contribution in [0.5, 0.6) is 0 Å². The molecule has 1 aromatic carbocycles. The molecular weight excluding hydrogens is 307 g/mol. The maximum Gasteiger partial charge on any atom is 0.150 e. The Morgan fingerprint density at radius 2 is 1.59 bits per heavy atom. The molecule has 0 aliphatic heterocycles. The summed E-state index contributed by atoms with van der Waals surface area (Å²) >= 11 is 23.6. The Kier molecular flexibility index (Phi) is 3.79. The van der Waals surface area contributed by atoms with Crippen molar-refractivity contribution in [2.75, 3.05) is 0 Å². The highest BCUT2D eigenvalue weighted by molar-refractivity contribution is 6.49. The number of halogens is 5. The fourth-order valence-corrected chi connectivity index (χ4v) is 2.27. The van der Waals surface area contributed by atoms with Crippen LogP contribution in [0.3, 0.4) is 0 Å². The molecule has 0 aliphatic rings. The Bertz CT molecular complexity index is 566. The average molecular weight is 311 g/mol. The topological polar surface area (TPSA) is 12.9 Å². The summed E-state index contributed by atoms with van der Waals surface area (Å²) in [5.41, 5.74) is 0.538. The summed E-state index contributed by atoms with van der Waals surface area (Å²) in [7, 11) is 0. The SMILES string of the molecule is Fc1cncc(Cl)c1-c1ccc(Cl)c(Cl)c1Cl. The van der Waals surface area contributed by atoms with E-state index in [9.17, 15) is 4.39 Å². The van der Waals surface area contributed by atoms with Gasteiger partial charge in [0.25, 0.3) is 0 Å². The van der Waals surface area contributed by atoms with Gasteiger partial charge in [0.2, 0.25) is 0 Å². The van der Waals surface area contributed by atoms with Gasteiger partial charge in [0.05, 0.1) is 26.3 Å². The van der Waals surface area contributed by atoms with Crippen LogP contribution in [0.4, 0.5) is 4.39 Å². The van der Waals surface area contributed by atoms with Crippen molar-refractivity contribution >= 4 is 46.4 Å². The Balaban J connectivity index is 2.74. The van der Waals surface area contributed by atoms with Crippen LogP contribution in [0.1, 0.15) is 0 Å². The maximum absolute atomic E-state index is 13.7. The average Bonchev–Trinajstić information content (AvgIpc) is 2.29. The zero-order chi connectivity index (χ0) is 12.6. The third kappa shape index (κ3) is 2.36. The van der Waals surface area contributed by atoms with E-state index in [1.54, 1.807) is 6.07 Å². The van der Waals surface area contributed by atoms with Crippen molar-refractivity contribution in [2.24, 2.45) is 0 Å². The number of rotatable bonds is 1. The lowest BCUT2D eigenvalue weighted by molar-refractivity contribution is 0.625. The van der Waals surface area contributed by atoms with Gasteiger partial charge in [-0.25, -0.2) is 4.39 Å². The molecule has 0 aliphatic carbocycles. The zero-order valence-corrected chi connectivity index (χ0v) is 11.2. The van der Waals surface area contributed by atoms with Gasteiger partial charge < -0.3 is 0 Å². The number of benzene rings is 1. The van der Waals surface area contributed by atoms with Crippen molar-refractivity contribution in [3.8, 4) is 11.1 Å². The fraction of sp³-hybridized carbons (Fsp3) is 0. The Morgan fingerprint density at radius 3 is 2.24 bits per heavy atom. The lowest BCUT2D eigenvalue weighted by atomic mass is 10.1. The van der Waals surface area contributed by atoms with E-state index in [1.165, 1.54) is 12.3 Å². The molecule has 2 aromatic rings. The van der Waals surface area contributed by atoms with Crippen LogP contribution in [0, 0.1) is 5.82 Å². The highest BCUT2D eigenvalue weighted by atomic mass is 35.5. The van der Waals surface area contributed by atoms with Crippen molar-refractivity contribution in [1.82, 2.24) is 4.98 Å². The second-order valence-corrected chi connectivity index (χ2v) is 4.77. The molecule has 0 atom stereocenters. The highest BCUT2D eigenvalue weighted by Crippen LogP contribution is 2.40. The smallest absolute Gasteiger partial charge is 0.150 e. The van der Waals surface area contributed by atoms with Crippen LogP contribution >= 0.6 is 46.4 Å². The van der Waals surface area contributed by atoms with Gasteiger partial charge in [-0.1, -0.05) is 52.5 Å². The van der Waals surface area contributed by atoms with E-state index in [0.717, 1.165) is 6.20 Å². The second-order valence-electron chi connectivity index (χ2n) is 3.20. The van der Waals surface area contributed by atoms with Crippen molar-refractivity contribution in [1.29, 1.82) is 0 Å². The minimum Gasteiger partial charge on any atom is -0.260 e. The van der Waals surface area contributed by atoms with Crippen molar-refractivity contribution < 1.29 is 4.39 Å². The van der Waals surface area contributed by atoms with Gasteiger partial charge in [-0.2, -0.15) is 0 Å². The third-order valence-electron chi connectivity index (χ3n) is 2.16. The maximum atomic E-state index is 13.7. The molecule has 0 saturated heterocycles. The van der Waals surface area contributed by atoms with E-state index in [4.69, 9.17) is 46.4 Å². The standard InChI is InChI=1S/C11H4Cl4FN/c12-6-2-1-5(10(14)11(6)15)9-7(13)3-17-4-8(9)16/h1-4H. The van der Waals surface area contributed by atoms with E-state index in [1.807, 2.05) is 0 Å². The van der Waals surface area contributed by atoms with Gasteiger partial charge in [0.1, 0.15) is 0 Å². The van der Waals surface area contributed by atoms with Gasteiger partial charge in [-0.15, -0.1) is 0 Å². The van der Waals surface area contributed by atoms with Crippen LogP contribution in [0.15, 0.2) is 24.5 Å². The lowest BCUT2D eigenvalue weighted by Gasteiger charge is -2.09. The molecule has 2 rings (SSSR count). The Labute approximate surface area is 117 Å². The molecule has 1 heterocycles. The van der Waals surface area contributed by atoms with E-state index < -0.39 is 5.82 Å². The molecule has 6 heteroatoms. The van der Waals surface area contributed by atoms with E-state index >= 15 is 0 Å². The number of aromatic nitrogens is 1. The first-order valence-corrected chi connectivity index (χ1v) is 5.96. The monoisotopic (exact) mass is 309 g/mol. The minimum absolute atomic E-state index is 0.158. The molecule has 0 amide bonds. The molecule has 0 bridgehead atoms. The molecule has 0 radical (unpaired) electrons. The molecule has 0 unspecified atom stereocenters. The predicted molar refractivity (Wildman–Crippen MR) is 69.7 cm³/mol. The van der Waals surface area contributed by atoms with Crippen LogP contribution in [0.25, 0.3) is 11.1 Å². The molecule has 0 saturated carbocycles. The van der Waals surface area contributed by atoms with Crippen molar-refractivity contribution in [3.63, 3.8) is 0 Å². The first-order valence-electron chi connectivity index (χ1n) is 4.45. The largest absolute Gasteiger partial charge is 0.260 e. The molecule has 1 nitrogen and oxygen atoms in total. The van der Waals surface area contributed by atoms with Gasteiger partial charge in [0, 0.05) is 17.3 Å². The normalized spacial score (nSPS) is 10.6.